The second kappa shape index (κ2) is 4.38. The van der Waals surface area contributed by atoms with Gasteiger partial charge >= 0.3 is 0 Å². The Morgan fingerprint density at radius 1 is 1.38 bits per heavy atom. The maximum absolute atomic E-state index is 12.2. The first-order chi connectivity index (χ1) is 9.90. The molecule has 0 saturated carbocycles. The molecule has 0 bridgehead atoms. The number of allylic oxidation sites excluding steroid dienone is 2. The van der Waals surface area contributed by atoms with E-state index in [1.54, 1.807) is 17.8 Å². The molecule has 1 aliphatic carbocycles. The number of aromatic nitrogens is 2. The van der Waals surface area contributed by atoms with Crippen molar-refractivity contribution in [3.8, 4) is 10.6 Å². The van der Waals surface area contributed by atoms with Gasteiger partial charge in [-0.15, -0.1) is 11.3 Å². The van der Waals surface area contributed by atoms with Crippen molar-refractivity contribution in [3.63, 3.8) is 0 Å². The highest BCUT2D eigenvalue weighted by Gasteiger charge is 2.31. The van der Waals surface area contributed by atoms with Crippen molar-refractivity contribution in [1.29, 1.82) is 0 Å². The molecule has 8 heteroatoms. The number of amides is 1. The first-order valence-corrected chi connectivity index (χ1v) is 6.73. The summed E-state index contributed by atoms with van der Waals surface area (Å²) in [6.07, 6.45) is 4.08. The number of hydrogen-bond acceptors (Lipinski definition) is 6. The van der Waals surface area contributed by atoms with Crippen molar-refractivity contribution in [3.05, 3.63) is 40.3 Å². The van der Waals surface area contributed by atoms with E-state index in [2.05, 4.69) is 4.98 Å². The van der Waals surface area contributed by atoms with Crippen LogP contribution in [0, 0.1) is 0 Å². The molecule has 4 N–H and O–H groups in total. The molecule has 0 aromatic carbocycles. The molecule has 106 valence electrons. The van der Waals surface area contributed by atoms with Crippen LogP contribution in [0.15, 0.2) is 24.2 Å². The predicted molar refractivity (Wildman–Crippen MR) is 76.0 cm³/mol. The van der Waals surface area contributed by atoms with E-state index < -0.39 is 11.7 Å². The molecule has 1 amide bonds. The fraction of sp³-hybridized carbons (Fsp3) is 0.0769. The summed E-state index contributed by atoms with van der Waals surface area (Å²) in [5.41, 5.74) is 11.6. The van der Waals surface area contributed by atoms with Crippen LogP contribution in [0.1, 0.15) is 30.5 Å². The standard InChI is InChI=1S/C13H10N4O3S/c1-17-4-5(13-16-3-8(21-13)12(15)20)9-10(17)7(18)2-6(14)11(9)19/h2-4H,14H2,1H3,(H2,15,20). The Labute approximate surface area is 122 Å². The average molecular weight is 302 g/mol. The van der Waals surface area contributed by atoms with E-state index in [1.165, 1.54) is 6.20 Å². The van der Waals surface area contributed by atoms with Gasteiger partial charge in [-0.25, -0.2) is 4.98 Å². The summed E-state index contributed by atoms with van der Waals surface area (Å²) in [4.78, 5) is 39.8. The van der Waals surface area contributed by atoms with E-state index in [4.69, 9.17) is 11.5 Å². The van der Waals surface area contributed by atoms with Crippen molar-refractivity contribution in [2.45, 2.75) is 0 Å². The molecule has 3 rings (SSSR count). The summed E-state index contributed by atoms with van der Waals surface area (Å²) >= 11 is 1.06. The van der Waals surface area contributed by atoms with Gasteiger partial charge in [0.05, 0.1) is 17.5 Å². The molecule has 0 radical (unpaired) electrons. The van der Waals surface area contributed by atoms with Crippen LogP contribution < -0.4 is 11.5 Å². The lowest BCUT2D eigenvalue weighted by atomic mass is 9.96. The second-order valence-electron chi connectivity index (χ2n) is 4.56. The van der Waals surface area contributed by atoms with E-state index in [-0.39, 0.29) is 27.6 Å². The lowest BCUT2D eigenvalue weighted by molar-refractivity contribution is 0.0979. The zero-order valence-electron chi connectivity index (χ0n) is 10.9. The molecule has 1 aliphatic rings. The molecule has 0 fully saturated rings. The molecular formula is C13H10N4O3S. The molecule has 21 heavy (non-hydrogen) atoms. The fourth-order valence-corrected chi connectivity index (χ4v) is 3.03. The van der Waals surface area contributed by atoms with Gasteiger partial charge < -0.3 is 16.0 Å². The number of carbonyl (C=O) groups excluding carboxylic acids is 3. The number of nitrogens with two attached hydrogens (primary N) is 2. The molecule has 0 unspecified atom stereocenters. The molecule has 0 spiro atoms. The van der Waals surface area contributed by atoms with Crippen molar-refractivity contribution in [2.24, 2.45) is 18.5 Å². The van der Waals surface area contributed by atoms with Gasteiger partial charge in [0, 0.05) is 24.9 Å². The zero-order valence-corrected chi connectivity index (χ0v) is 11.7. The number of rotatable bonds is 2. The summed E-state index contributed by atoms with van der Waals surface area (Å²) in [6.45, 7) is 0. The van der Waals surface area contributed by atoms with Crippen LogP contribution in [0.5, 0.6) is 0 Å². The first-order valence-electron chi connectivity index (χ1n) is 5.91. The van der Waals surface area contributed by atoms with Crippen LogP contribution in [0.4, 0.5) is 0 Å². The van der Waals surface area contributed by atoms with Crippen LogP contribution >= 0.6 is 11.3 Å². The lowest BCUT2D eigenvalue weighted by Gasteiger charge is -2.10. The van der Waals surface area contributed by atoms with Gasteiger partial charge in [-0.05, 0) is 0 Å². The number of fused-ring (bicyclic) bond motifs is 1. The van der Waals surface area contributed by atoms with Gasteiger partial charge in [0.2, 0.25) is 11.6 Å². The third kappa shape index (κ3) is 1.88. The smallest absolute Gasteiger partial charge is 0.260 e. The Balaban J connectivity index is 2.23. The Hall–Kier alpha value is -2.74. The van der Waals surface area contributed by atoms with Gasteiger partial charge in [0.15, 0.2) is 0 Å². The molecule has 2 heterocycles. The van der Waals surface area contributed by atoms with Gasteiger partial charge in [-0.3, -0.25) is 14.4 Å². The van der Waals surface area contributed by atoms with Crippen molar-refractivity contribution in [2.75, 3.05) is 0 Å². The number of thiazole rings is 1. The van der Waals surface area contributed by atoms with Crippen LogP contribution in [0.25, 0.3) is 10.6 Å². The number of aryl methyl sites for hydroxylation is 1. The summed E-state index contributed by atoms with van der Waals surface area (Å²) in [5, 5.41) is 0.441. The maximum atomic E-state index is 12.2. The summed E-state index contributed by atoms with van der Waals surface area (Å²) < 4.78 is 1.55. The third-order valence-electron chi connectivity index (χ3n) is 3.17. The highest BCUT2D eigenvalue weighted by molar-refractivity contribution is 7.17. The number of ketones is 2. The van der Waals surface area contributed by atoms with Crippen LogP contribution in [0.3, 0.4) is 0 Å². The number of primary amides is 1. The van der Waals surface area contributed by atoms with Crippen LogP contribution in [-0.2, 0) is 7.05 Å². The minimum atomic E-state index is -0.592. The Bertz CT molecular complexity index is 844. The quantitative estimate of drug-likeness (QED) is 0.835. The van der Waals surface area contributed by atoms with E-state index in [0.29, 0.717) is 10.6 Å². The molecule has 0 atom stereocenters. The van der Waals surface area contributed by atoms with Crippen molar-refractivity contribution < 1.29 is 14.4 Å². The Morgan fingerprint density at radius 2 is 2.10 bits per heavy atom. The predicted octanol–water partition coefficient (Wildman–Crippen LogP) is 0.469. The van der Waals surface area contributed by atoms with E-state index in [0.717, 1.165) is 17.4 Å². The lowest BCUT2D eigenvalue weighted by Crippen LogP contribution is -2.22. The number of nitrogens with zero attached hydrogens (tertiary/aromatic N) is 2. The number of Topliss-reactive ketones (excluding diaryl/α,β-unsaturated/α-hetero) is 1. The summed E-state index contributed by atoms with van der Waals surface area (Å²) in [6, 6.07) is 0. The topological polar surface area (TPSA) is 121 Å². The van der Waals surface area contributed by atoms with Gasteiger partial charge in [-0.1, -0.05) is 0 Å². The third-order valence-corrected chi connectivity index (χ3v) is 4.21. The van der Waals surface area contributed by atoms with Crippen LogP contribution in [0.2, 0.25) is 0 Å². The minimum Gasteiger partial charge on any atom is -0.395 e. The highest BCUT2D eigenvalue weighted by Crippen LogP contribution is 2.34. The Morgan fingerprint density at radius 3 is 2.71 bits per heavy atom. The van der Waals surface area contributed by atoms with Crippen molar-refractivity contribution >= 4 is 28.8 Å². The molecular weight excluding hydrogens is 292 g/mol. The van der Waals surface area contributed by atoms with E-state index in [9.17, 15) is 14.4 Å². The summed E-state index contributed by atoms with van der Waals surface area (Å²) in [7, 11) is 1.66. The van der Waals surface area contributed by atoms with E-state index >= 15 is 0 Å². The normalized spacial score (nSPS) is 14.0. The second-order valence-corrected chi connectivity index (χ2v) is 5.59. The van der Waals surface area contributed by atoms with Crippen molar-refractivity contribution in [1.82, 2.24) is 9.55 Å². The zero-order chi connectivity index (χ0) is 15.3. The minimum absolute atomic E-state index is 0.105. The van der Waals surface area contributed by atoms with E-state index in [1.807, 2.05) is 0 Å². The largest absolute Gasteiger partial charge is 0.395 e. The molecule has 0 aliphatic heterocycles. The molecule has 2 aromatic heterocycles. The van der Waals surface area contributed by atoms with Crippen LogP contribution in [-0.4, -0.2) is 27.0 Å². The molecule has 2 aromatic rings. The van der Waals surface area contributed by atoms with Gasteiger partial charge in [0.1, 0.15) is 15.6 Å². The Kier molecular flexibility index (Phi) is 2.77. The van der Waals surface area contributed by atoms with Gasteiger partial charge in [-0.2, -0.15) is 0 Å². The maximum Gasteiger partial charge on any atom is 0.260 e. The number of carbonyl (C=O) groups is 3. The fourth-order valence-electron chi connectivity index (χ4n) is 2.25. The molecule has 0 saturated heterocycles. The monoisotopic (exact) mass is 302 g/mol. The van der Waals surface area contributed by atoms with Gasteiger partial charge in [0.25, 0.3) is 5.91 Å². The summed E-state index contributed by atoms with van der Waals surface area (Å²) in [5.74, 6) is -1.34. The average Bonchev–Trinajstić information content (AvgIpc) is 3.00. The SMILES string of the molecule is Cn1cc(-c2ncc(C(N)=O)s2)c2c1C(=O)C=C(N)C2=O. The highest BCUT2D eigenvalue weighted by atomic mass is 32.1. The first kappa shape index (κ1) is 13.3. The molecule has 7 nitrogen and oxygen atoms in total. The number of hydrogen-bond donors (Lipinski definition) is 2.